The predicted octanol–water partition coefficient (Wildman–Crippen LogP) is 13.6. The molecule has 0 saturated carbocycles. The van der Waals surface area contributed by atoms with Crippen LogP contribution in [0.2, 0.25) is 0 Å². The highest BCUT2D eigenvalue weighted by Gasteiger charge is 2.24. The maximum absolute atomic E-state index is 12.9. The van der Waals surface area contributed by atoms with E-state index in [-0.39, 0.29) is 25.7 Å². The maximum atomic E-state index is 12.9. The van der Waals surface area contributed by atoms with Gasteiger partial charge in [-0.05, 0) is 32.2 Å². The van der Waals surface area contributed by atoms with Gasteiger partial charge >= 0.3 is 23.9 Å². The molecule has 53 heavy (non-hydrogen) atoms. The largest absolute Gasteiger partial charge is 0.393 e. The summed E-state index contributed by atoms with van der Waals surface area (Å²) in [6.45, 7) is 7.22. The lowest BCUT2D eigenvalue weighted by Crippen LogP contribution is -2.40. The van der Waals surface area contributed by atoms with Crippen LogP contribution in [0, 0.1) is 0 Å². The van der Waals surface area contributed by atoms with Crippen molar-refractivity contribution in [3.8, 4) is 0 Å². The molecule has 7 nitrogen and oxygen atoms in total. The minimum atomic E-state index is -0.782. The fraction of sp³-hybridized carbons (Fsp3) is 0.913. The van der Waals surface area contributed by atoms with Gasteiger partial charge in [-0.25, -0.2) is 4.79 Å². The second kappa shape index (κ2) is 41.4. The molecular weight excluding hydrogens is 663 g/mol. The van der Waals surface area contributed by atoms with Crippen LogP contribution in [0.1, 0.15) is 258 Å². The number of carbonyl (C=O) groups is 4. The SMILES string of the molecule is CCCCCCCCCCCCCCCCCC(=O)OC(=O)CCC(NCCCCC)C(=O)OC(=O)CCCCCCCCCCCCCCCCC. The topological polar surface area (TPSA) is 98.8 Å². The fourth-order valence-electron chi connectivity index (χ4n) is 6.96. The maximum Gasteiger partial charge on any atom is 0.330 e. The van der Waals surface area contributed by atoms with Gasteiger partial charge in [0.15, 0.2) is 0 Å². The van der Waals surface area contributed by atoms with Crippen LogP contribution in [0.15, 0.2) is 0 Å². The molecule has 0 bridgehead atoms. The second-order valence-electron chi connectivity index (χ2n) is 15.8. The predicted molar refractivity (Wildman–Crippen MR) is 222 cm³/mol. The molecule has 0 radical (unpaired) electrons. The third kappa shape index (κ3) is 38.3. The van der Waals surface area contributed by atoms with Gasteiger partial charge < -0.3 is 14.8 Å². The van der Waals surface area contributed by atoms with E-state index >= 15 is 0 Å². The molecular formula is C46H87NO6. The van der Waals surface area contributed by atoms with Crippen molar-refractivity contribution in [3.63, 3.8) is 0 Å². The molecule has 0 heterocycles. The first-order valence-electron chi connectivity index (χ1n) is 23.2. The Kier molecular flexibility index (Phi) is 40.0. The summed E-state index contributed by atoms with van der Waals surface area (Å²) in [7, 11) is 0. The number of hydrogen-bond acceptors (Lipinski definition) is 7. The molecule has 0 spiro atoms. The quantitative estimate of drug-likeness (QED) is 0.0377. The molecule has 0 rings (SSSR count). The number of rotatable bonds is 41. The van der Waals surface area contributed by atoms with E-state index in [1.54, 1.807) is 0 Å². The zero-order valence-electron chi connectivity index (χ0n) is 35.4. The first-order chi connectivity index (χ1) is 25.9. The second-order valence-corrected chi connectivity index (χ2v) is 15.8. The van der Waals surface area contributed by atoms with Crippen molar-refractivity contribution in [2.75, 3.05) is 6.54 Å². The lowest BCUT2D eigenvalue weighted by Gasteiger charge is -2.16. The highest BCUT2D eigenvalue weighted by Crippen LogP contribution is 2.16. The molecule has 0 aromatic carbocycles. The highest BCUT2D eigenvalue weighted by atomic mass is 16.6. The molecule has 1 unspecified atom stereocenters. The van der Waals surface area contributed by atoms with Crippen LogP contribution in [0.25, 0.3) is 0 Å². The molecule has 0 aliphatic rings. The number of ether oxygens (including phenoxy) is 2. The van der Waals surface area contributed by atoms with Crippen LogP contribution in [-0.2, 0) is 28.7 Å². The smallest absolute Gasteiger partial charge is 0.330 e. The molecule has 1 N–H and O–H groups in total. The van der Waals surface area contributed by atoms with Crippen LogP contribution in [0.5, 0.6) is 0 Å². The molecule has 0 fully saturated rings. The molecule has 312 valence electrons. The number of esters is 4. The number of hydrogen-bond donors (Lipinski definition) is 1. The normalized spacial score (nSPS) is 11.8. The third-order valence-electron chi connectivity index (χ3n) is 10.5. The van der Waals surface area contributed by atoms with E-state index in [9.17, 15) is 19.2 Å². The Bertz CT molecular complexity index is 846. The van der Waals surface area contributed by atoms with Crippen LogP contribution in [-0.4, -0.2) is 36.5 Å². The molecule has 0 aromatic rings. The standard InChI is InChI=1S/C46H87NO6/c1-4-7-10-12-14-16-18-20-22-24-26-28-30-32-34-37-43(48)52-45(50)40-39-42(47-41-36-9-6-3)46(51)53-44(49)38-35-33-31-29-27-25-23-21-19-17-15-13-11-8-5-2/h42,47H,4-41H2,1-3H3. The van der Waals surface area contributed by atoms with Crippen LogP contribution >= 0.6 is 0 Å². The fourth-order valence-corrected chi connectivity index (χ4v) is 6.96. The van der Waals surface area contributed by atoms with Crippen LogP contribution < -0.4 is 5.32 Å². The molecule has 0 saturated heterocycles. The van der Waals surface area contributed by atoms with Crippen molar-refractivity contribution in [3.05, 3.63) is 0 Å². The van der Waals surface area contributed by atoms with E-state index in [0.717, 1.165) is 51.4 Å². The van der Waals surface area contributed by atoms with Gasteiger partial charge in [-0.3, -0.25) is 14.4 Å². The van der Waals surface area contributed by atoms with E-state index in [1.807, 2.05) is 0 Å². The lowest BCUT2D eigenvalue weighted by molar-refractivity contribution is -0.161. The van der Waals surface area contributed by atoms with Gasteiger partial charge in [0.1, 0.15) is 6.04 Å². The number of nitrogens with one attached hydrogen (secondary N) is 1. The van der Waals surface area contributed by atoms with Crippen LogP contribution in [0.3, 0.4) is 0 Å². The summed E-state index contributed by atoms with van der Waals surface area (Å²) in [5.74, 6) is -2.29. The Morgan fingerprint density at radius 1 is 0.358 bits per heavy atom. The van der Waals surface area contributed by atoms with Gasteiger partial charge in [-0.1, -0.05) is 213 Å². The molecule has 0 aliphatic heterocycles. The summed E-state index contributed by atoms with van der Waals surface area (Å²) < 4.78 is 10.2. The molecule has 1 atom stereocenters. The van der Waals surface area contributed by atoms with Gasteiger partial charge in [-0.15, -0.1) is 0 Å². The van der Waals surface area contributed by atoms with Crippen molar-refractivity contribution in [2.45, 2.75) is 264 Å². The molecule has 0 aromatic heterocycles. The summed E-state index contributed by atoms with van der Waals surface area (Å²) in [5, 5.41) is 3.15. The third-order valence-corrected chi connectivity index (χ3v) is 10.5. The minimum Gasteiger partial charge on any atom is -0.393 e. The first kappa shape index (κ1) is 51.2. The molecule has 7 heteroatoms. The summed E-state index contributed by atoms with van der Waals surface area (Å²) in [6.07, 6.45) is 41.0. The molecule has 0 aliphatic carbocycles. The van der Waals surface area contributed by atoms with E-state index in [0.29, 0.717) is 13.0 Å². The van der Waals surface area contributed by atoms with Gasteiger partial charge in [0.2, 0.25) is 0 Å². The molecule has 0 amide bonds. The van der Waals surface area contributed by atoms with Gasteiger partial charge in [0.25, 0.3) is 0 Å². The Morgan fingerprint density at radius 3 is 1.00 bits per heavy atom. The van der Waals surface area contributed by atoms with Crippen molar-refractivity contribution in [1.82, 2.24) is 5.32 Å². The summed E-state index contributed by atoms with van der Waals surface area (Å²) >= 11 is 0. The Balaban J connectivity index is 4.04. The Labute approximate surface area is 328 Å². The van der Waals surface area contributed by atoms with E-state index < -0.39 is 29.9 Å². The highest BCUT2D eigenvalue weighted by molar-refractivity contribution is 5.89. The Hall–Kier alpha value is -1.76. The van der Waals surface area contributed by atoms with E-state index in [2.05, 4.69) is 26.1 Å². The minimum absolute atomic E-state index is 0.0849. The van der Waals surface area contributed by atoms with Crippen LogP contribution in [0.4, 0.5) is 0 Å². The first-order valence-corrected chi connectivity index (χ1v) is 23.2. The lowest BCUT2D eigenvalue weighted by atomic mass is 10.0. The summed E-state index contributed by atoms with van der Waals surface area (Å²) in [6, 6.07) is -0.782. The number of unbranched alkanes of at least 4 members (excludes halogenated alkanes) is 30. The zero-order chi connectivity index (χ0) is 38.9. The summed E-state index contributed by atoms with van der Waals surface area (Å²) in [4.78, 5) is 49.9. The van der Waals surface area contributed by atoms with E-state index in [4.69, 9.17) is 9.47 Å². The average molecular weight is 750 g/mol. The van der Waals surface area contributed by atoms with Gasteiger partial charge in [0, 0.05) is 19.3 Å². The van der Waals surface area contributed by atoms with E-state index in [1.165, 1.54) is 154 Å². The van der Waals surface area contributed by atoms with Gasteiger partial charge in [-0.2, -0.15) is 0 Å². The van der Waals surface area contributed by atoms with Gasteiger partial charge in [0.05, 0.1) is 0 Å². The van der Waals surface area contributed by atoms with Crippen molar-refractivity contribution in [2.24, 2.45) is 0 Å². The van der Waals surface area contributed by atoms with Crippen molar-refractivity contribution < 1.29 is 28.7 Å². The Morgan fingerprint density at radius 2 is 0.642 bits per heavy atom. The zero-order valence-corrected chi connectivity index (χ0v) is 35.4. The number of carbonyl (C=O) groups excluding carboxylic acids is 4. The van der Waals surface area contributed by atoms with Crippen molar-refractivity contribution >= 4 is 23.9 Å². The monoisotopic (exact) mass is 750 g/mol. The van der Waals surface area contributed by atoms with Crippen molar-refractivity contribution in [1.29, 1.82) is 0 Å². The average Bonchev–Trinajstić information content (AvgIpc) is 3.14. The summed E-state index contributed by atoms with van der Waals surface area (Å²) in [5.41, 5.74) is 0.